The van der Waals surface area contributed by atoms with E-state index in [4.69, 9.17) is 0 Å². The van der Waals surface area contributed by atoms with Crippen molar-refractivity contribution >= 4 is 22.2 Å². The Labute approximate surface area is 146 Å². The number of nitrogens with zero attached hydrogens (tertiary/aromatic N) is 2. The maximum absolute atomic E-state index is 14.0. The van der Waals surface area contributed by atoms with Crippen LogP contribution in [0.5, 0.6) is 0 Å². The largest absolute Gasteiger partial charge is 0.419 e. The predicted molar refractivity (Wildman–Crippen MR) is 92.3 cm³/mol. The molecule has 4 rings (SSSR count). The van der Waals surface area contributed by atoms with Crippen LogP contribution in [0.2, 0.25) is 0 Å². The van der Waals surface area contributed by atoms with Crippen molar-refractivity contribution < 1.29 is 18.0 Å². The Morgan fingerprint density at radius 1 is 1.08 bits per heavy atom. The highest BCUT2D eigenvalue weighted by Gasteiger charge is 2.39. The number of rotatable bonds is 2. The van der Waals surface area contributed by atoms with Gasteiger partial charge in [0.05, 0.1) is 16.6 Å². The van der Waals surface area contributed by atoms with Gasteiger partial charge in [-0.1, -0.05) is 23.8 Å². The predicted octanol–water partition coefficient (Wildman–Crippen LogP) is 5.05. The summed E-state index contributed by atoms with van der Waals surface area (Å²) in [6.45, 7) is 1.79. The molecule has 4 aromatic rings. The summed E-state index contributed by atoms with van der Waals surface area (Å²) in [5.41, 5.74) is 0.176. The van der Waals surface area contributed by atoms with E-state index in [9.17, 15) is 18.0 Å². The van der Waals surface area contributed by atoms with Crippen LogP contribution in [0.1, 0.15) is 27.0 Å². The maximum atomic E-state index is 14.0. The molecule has 0 aliphatic carbocycles. The first kappa shape index (κ1) is 16.3. The van der Waals surface area contributed by atoms with Crippen molar-refractivity contribution in [1.82, 2.24) is 9.38 Å². The lowest BCUT2D eigenvalue weighted by atomic mass is 9.94. The van der Waals surface area contributed by atoms with Crippen molar-refractivity contribution in [1.29, 1.82) is 0 Å². The van der Waals surface area contributed by atoms with E-state index in [1.807, 2.05) is 0 Å². The van der Waals surface area contributed by atoms with Crippen LogP contribution in [-0.4, -0.2) is 15.2 Å². The van der Waals surface area contributed by atoms with Gasteiger partial charge >= 0.3 is 6.18 Å². The Hall–Kier alpha value is -3.15. The Bertz CT molecular complexity index is 1160. The van der Waals surface area contributed by atoms with Crippen molar-refractivity contribution in [3.63, 3.8) is 0 Å². The van der Waals surface area contributed by atoms with Crippen molar-refractivity contribution in [2.45, 2.75) is 13.1 Å². The molecule has 0 aliphatic rings. The average Bonchev–Trinajstić information content (AvgIpc) is 3.08. The molecule has 0 aliphatic heterocycles. The average molecular weight is 354 g/mol. The van der Waals surface area contributed by atoms with Crippen molar-refractivity contribution in [2.75, 3.05) is 0 Å². The molecule has 0 saturated heterocycles. The summed E-state index contributed by atoms with van der Waals surface area (Å²) >= 11 is 0. The molecule has 0 amide bonds. The summed E-state index contributed by atoms with van der Waals surface area (Å²) in [7, 11) is 0. The third-order valence-electron chi connectivity index (χ3n) is 4.37. The molecule has 26 heavy (non-hydrogen) atoms. The van der Waals surface area contributed by atoms with E-state index >= 15 is 0 Å². The van der Waals surface area contributed by atoms with Gasteiger partial charge in [0.2, 0.25) is 0 Å². The quantitative estimate of drug-likeness (QED) is 0.472. The smallest absolute Gasteiger partial charge is 0.316 e. The van der Waals surface area contributed by atoms with Crippen molar-refractivity contribution in [2.24, 2.45) is 0 Å². The Kier molecular flexibility index (Phi) is 3.57. The van der Waals surface area contributed by atoms with Gasteiger partial charge in [-0.3, -0.25) is 9.78 Å². The molecule has 6 heteroatoms. The van der Waals surface area contributed by atoms with Crippen LogP contribution in [0.25, 0.3) is 16.4 Å². The molecule has 0 N–H and O–H groups in total. The second kappa shape index (κ2) is 5.69. The third-order valence-corrected chi connectivity index (χ3v) is 4.37. The molecule has 1 aromatic carbocycles. The van der Waals surface area contributed by atoms with Crippen molar-refractivity contribution in [3.8, 4) is 0 Å². The van der Waals surface area contributed by atoms with E-state index < -0.39 is 17.5 Å². The fourth-order valence-corrected chi connectivity index (χ4v) is 3.30. The number of aromatic nitrogens is 2. The second-order valence-corrected chi connectivity index (χ2v) is 6.10. The lowest BCUT2D eigenvalue weighted by molar-refractivity contribution is -0.136. The number of aryl methyl sites for hydroxylation is 1. The van der Waals surface area contributed by atoms with Gasteiger partial charge in [-0.05, 0) is 31.2 Å². The van der Waals surface area contributed by atoms with Gasteiger partial charge in [-0.2, -0.15) is 13.2 Å². The Morgan fingerprint density at radius 3 is 2.62 bits per heavy atom. The first-order chi connectivity index (χ1) is 12.4. The van der Waals surface area contributed by atoms with E-state index in [1.165, 1.54) is 35.0 Å². The summed E-state index contributed by atoms with van der Waals surface area (Å²) in [5.74, 6) is -0.664. The number of alkyl halides is 3. The van der Waals surface area contributed by atoms with E-state index in [1.54, 1.807) is 37.4 Å². The minimum absolute atomic E-state index is 0.0489. The number of fused-ring (bicyclic) bond motifs is 3. The first-order valence-electron chi connectivity index (χ1n) is 7.93. The number of hydrogen-bond donors (Lipinski definition) is 0. The highest BCUT2D eigenvalue weighted by Crippen LogP contribution is 2.40. The Balaban J connectivity index is 2.16. The fraction of sp³-hybridized carbons (Fsp3) is 0.100. The molecular weight excluding hydrogens is 341 g/mol. The summed E-state index contributed by atoms with van der Waals surface area (Å²) in [5, 5.41) is 0.176. The number of carbonyl (C=O) groups excluding carboxylic acids is 1. The number of carbonyl (C=O) groups is 1. The number of halogens is 3. The van der Waals surface area contributed by atoms with Crippen LogP contribution in [-0.2, 0) is 6.18 Å². The molecule has 130 valence electrons. The molecule has 0 fully saturated rings. The topological polar surface area (TPSA) is 34.4 Å². The van der Waals surface area contributed by atoms with Gasteiger partial charge in [0.25, 0.3) is 0 Å². The third kappa shape index (κ3) is 2.45. The zero-order chi connectivity index (χ0) is 18.5. The van der Waals surface area contributed by atoms with Crippen LogP contribution in [0.15, 0.2) is 61.1 Å². The van der Waals surface area contributed by atoms with Crippen LogP contribution < -0.4 is 0 Å². The molecule has 3 heterocycles. The van der Waals surface area contributed by atoms with Crippen LogP contribution in [0.3, 0.4) is 0 Å². The number of ketones is 1. The fourth-order valence-electron chi connectivity index (χ4n) is 3.30. The normalized spacial score (nSPS) is 12.0. The Morgan fingerprint density at radius 2 is 1.88 bits per heavy atom. The molecule has 0 saturated carbocycles. The number of benzene rings is 1. The van der Waals surface area contributed by atoms with Gasteiger partial charge < -0.3 is 4.40 Å². The number of hydrogen-bond acceptors (Lipinski definition) is 2. The minimum atomic E-state index is -4.68. The minimum Gasteiger partial charge on any atom is -0.316 e. The summed E-state index contributed by atoms with van der Waals surface area (Å²) in [6.07, 6.45) is -0.324. The van der Waals surface area contributed by atoms with Gasteiger partial charge in [-0.15, -0.1) is 0 Å². The summed E-state index contributed by atoms with van der Waals surface area (Å²) in [6, 6.07) is 11.1. The standard InChI is InChI=1S/C20H13F3N2O/c1-12-4-2-5-13(10-12)19(26)17-14-11-24-8-7-15(14)25-9-3-6-16(25)18(17)20(21,22)23/h2-11H,1H3. The van der Waals surface area contributed by atoms with Gasteiger partial charge in [-0.25, -0.2) is 0 Å². The highest BCUT2D eigenvalue weighted by molar-refractivity contribution is 6.18. The highest BCUT2D eigenvalue weighted by atomic mass is 19.4. The molecule has 0 radical (unpaired) electrons. The molecule has 3 aromatic heterocycles. The monoisotopic (exact) mass is 354 g/mol. The SMILES string of the molecule is Cc1cccc(C(=O)c2c(C(F)(F)F)c3cccn3c3ccncc23)c1. The van der Waals surface area contributed by atoms with E-state index in [2.05, 4.69) is 4.98 Å². The first-order valence-corrected chi connectivity index (χ1v) is 7.93. The van der Waals surface area contributed by atoms with Gasteiger partial charge in [0, 0.05) is 35.1 Å². The molecule has 0 spiro atoms. The molecular formula is C20H13F3N2O. The van der Waals surface area contributed by atoms with Crippen LogP contribution in [0.4, 0.5) is 13.2 Å². The lowest BCUT2D eigenvalue weighted by Gasteiger charge is -2.17. The molecule has 0 bridgehead atoms. The maximum Gasteiger partial charge on any atom is 0.419 e. The second-order valence-electron chi connectivity index (χ2n) is 6.10. The van der Waals surface area contributed by atoms with Crippen LogP contribution in [0, 0.1) is 6.92 Å². The van der Waals surface area contributed by atoms with E-state index in [0.29, 0.717) is 5.52 Å². The van der Waals surface area contributed by atoms with E-state index in [0.717, 1.165) is 5.56 Å². The van der Waals surface area contributed by atoms with Gasteiger partial charge in [0.15, 0.2) is 5.78 Å². The zero-order valence-electron chi connectivity index (χ0n) is 13.7. The van der Waals surface area contributed by atoms with Crippen LogP contribution >= 0.6 is 0 Å². The summed E-state index contributed by atoms with van der Waals surface area (Å²) in [4.78, 5) is 17.1. The number of pyridine rings is 2. The van der Waals surface area contributed by atoms with Crippen molar-refractivity contribution in [3.05, 3.63) is 83.3 Å². The molecule has 0 atom stereocenters. The lowest BCUT2D eigenvalue weighted by Crippen LogP contribution is -2.17. The summed E-state index contributed by atoms with van der Waals surface area (Å²) < 4.78 is 43.3. The molecule has 0 unspecified atom stereocenters. The van der Waals surface area contributed by atoms with Gasteiger partial charge in [0.1, 0.15) is 0 Å². The zero-order valence-corrected chi connectivity index (χ0v) is 13.7. The van der Waals surface area contributed by atoms with E-state index in [-0.39, 0.29) is 22.0 Å². The molecule has 3 nitrogen and oxygen atoms in total.